The molecule has 0 bridgehead atoms. The maximum atomic E-state index is 14.4. The minimum Gasteiger partial charge on any atom is -0.457 e. The molecule has 3 aliphatic rings. The molecule has 2 N–H and O–H groups in total. The number of sulfonamides is 1. The summed E-state index contributed by atoms with van der Waals surface area (Å²) in [6.07, 6.45) is -0.576. The number of piperidine rings is 1. The van der Waals surface area contributed by atoms with Crippen LogP contribution in [0.1, 0.15) is 34.6 Å². The number of ether oxygens (including phenoxy) is 4. The number of likely N-dealkylation sites (tertiary alicyclic amines) is 1. The van der Waals surface area contributed by atoms with Gasteiger partial charge in [0.15, 0.2) is 0 Å². The number of hydrogen-bond donors (Lipinski definition) is 2. The molecule has 2 atom stereocenters. The second-order valence-electron chi connectivity index (χ2n) is 14.9. The van der Waals surface area contributed by atoms with Gasteiger partial charge < -0.3 is 29.2 Å². The molecule has 300 valence electrons. The molecule has 2 amide bonds. The van der Waals surface area contributed by atoms with Gasteiger partial charge in [-0.25, -0.2) is 22.3 Å². The lowest BCUT2D eigenvalue weighted by atomic mass is 9.72. The maximum Gasteiger partial charge on any atom is 0.409 e. The minimum absolute atomic E-state index is 0.00902. The Labute approximate surface area is 337 Å². The molecule has 0 radical (unpaired) electrons. The smallest absolute Gasteiger partial charge is 0.409 e. The van der Waals surface area contributed by atoms with E-state index in [1.165, 1.54) is 17.0 Å². The van der Waals surface area contributed by atoms with Crippen LogP contribution in [0.4, 0.5) is 9.18 Å². The van der Waals surface area contributed by atoms with Gasteiger partial charge in [-0.15, -0.1) is 0 Å². The van der Waals surface area contributed by atoms with Gasteiger partial charge in [-0.3, -0.25) is 4.79 Å². The highest BCUT2D eigenvalue weighted by Gasteiger charge is 2.44. The Kier molecular flexibility index (Phi) is 11.3. The van der Waals surface area contributed by atoms with Crippen LogP contribution >= 0.6 is 0 Å². The van der Waals surface area contributed by atoms with Crippen molar-refractivity contribution in [3.63, 3.8) is 0 Å². The summed E-state index contributed by atoms with van der Waals surface area (Å²) < 4.78 is 67.2. The molecule has 58 heavy (non-hydrogen) atoms. The van der Waals surface area contributed by atoms with Crippen LogP contribution in [0.2, 0.25) is 0 Å². The van der Waals surface area contributed by atoms with E-state index in [1.807, 2.05) is 84.9 Å². The topological polar surface area (TPSA) is 132 Å². The van der Waals surface area contributed by atoms with E-state index in [9.17, 15) is 22.4 Å². The minimum atomic E-state index is -4.16. The van der Waals surface area contributed by atoms with Crippen molar-refractivity contribution < 1.29 is 41.3 Å². The Hall–Kier alpha value is -5.60. The number of benzene rings is 5. The zero-order valence-electron chi connectivity index (χ0n) is 31.9. The first kappa shape index (κ1) is 39.2. The Morgan fingerprint density at radius 1 is 0.810 bits per heavy atom. The predicted molar refractivity (Wildman–Crippen MR) is 215 cm³/mol. The highest BCUT2D eigenvalue weighted by Crippen LogP contribution is 2.48. The third kappa shape index (κ3) is 7.82. The Balaban J connectivity index is 1.05. The molecular weight excluding hydrogens is 762 g/mol. The molecule has 1 aliphatic carbocycles. The van der Waals surface area contributed by atoms with Crippen molar-refractivity contribution in [3.8, 4) is 22.6 Å². The summed E-state index contributed by atoms with van der Waals surface area (Å²) >= 11 is 0. The van der Waals surface area contributed by atoms with Crippen molar-refractivity contribution in [2.24, 2.45) is 5.92 Å². The standard InChI is InChI=1S/C45H44FN3O8S/c1-54-22-23-55-29-45(39-14-6-8-16-41(39)57-42-17-9-7-15-40(42)45)28-47-43(50)30-24-32(48-58(52,53)33-20-18-31(46)19-21-33)26-49(25-30)44(51)56-27-38-36-12-4-2-10-34(36)35-11-3-5-13-37(35)38/h2-21,30,32,38,48H,22-29H2,1H3,(H,47,50)/t30-,32+/m0/s1. The second-order valence-corrected chi connectivity index (χ2v) is 16.6. The van der Waals surface area contributed by atoms with Crippen molar-refractivity contribution in [1.29, 1.82) is 0 Å². The Morgan fingerprint density at radius 2 is 1.41 bits per heavy atom. The summed E-state index contributed by atoms with van der Waals surface area (Å²) in [7, 11) is -2.56. The third-order valence-corrected chi connectivity index (χ3v) is 12.8. The quantitative estimate of drug-likeness (QED) is 0.127. The van der Waals surface area contributed by atoms with Crippen LogP contribution < -0.4 is 14.8 Å². The summed E-state index contributed by atoms with van der Waals surface area (Å²) in [5, 5.41) is 3.16. The van der Waals surface area contributed by atoms with Crippen LogP contribution in [0, 0.1) is 11.7 Å². The van der Waals surface area contributed by atoms with E-state index in [0.29, 0.717) is 24.7 Å². The van der Waals surface area contributed by atoms with Crippen LogP contribution in [-0.2, 0) is 34.4 Å². The predicted octanol–water partition coefficient (Wildman–Crippen LogP) is 6.61. The summed E-state index contributed by atoms with van der Waals surface area (Å²) in [5.41, 5.74) is 5.07. The number of hydrogen-bond acceptors (Lipinski definition) is 8. The number of para-hydroxylation sites is 2. The molecule has 1 saturated heterocycles. The summed E-state index contributed by atoms with van der Waals surface area (Å²) in [4.78, 5) is 29.6. The SMILES string of the molecule is COCCOCC1(CNC(=O)[C@H]2C[C@@H](NS(=O)(=O)c3ccc(F)cc3)CN(C(=O)OCC3c4ccccc4-c4ccccc43)C2)c2ccccc2Oc2ccccc21. The van der Waals surface area contributed by atoms with Crippen LogP contribution in [0.25, 0.3) is 11.1 Å². The molecule has 2 heterocycles. The number of halogens is 1. The highest BCUT2D eigenvalue weighted by atomic mass is 32.2. The van der Waals surface area contributed by atoms with E-state index in [-0.39, 0.29) is 56.0 Å². The number of methoxy groups -OCH3 is 1. The van der Waals surface area contributed by atoms with E-state index in [4.69, 9.17) is 18.9 Å². The molecular formula is C45H44FN3O8S. The monoisotopic (exact) mass is 805 g/mol. The van der Waals surface area contributed by atoms with Crippen LogP contribution in [0.15, 0.2) is 126 Å². The molecule has 0 aromatic heterocycles. The van der Waals surface area contributed by atoms with Crippen molar-refractivity contribution in [2.45, 2.75) is 28.7 Å². The van der Waals surface area contributed by atoms with Crippen LogP contribution in [0.3, 0.4) is 0 Å². The number of carbonyl (C=O) groups excluding carboxylic acids is 2. The fraction of sp³-hybridized carbons (Fsp3) is 0.289. The van der Waals surface area contributed by atoms with E-state index in [0.717, 1.165) is 45.5 Å². The van der Waals surface area contributed by atoms with Gasteiger partial charge in [0.1, 0.15) is 23.9 Å². The number of rotatable bonds is 13. The molecule has 8 rings (SSSR count). The van der Waals surface area contributed by atoms with Crippen molar-refractivity contribution in [1.82, 2.24) is 14.9 Å². The van der Waals surface area contributed by atoms with Crippen LogP contribution in [-0.4, -0.2) is 84.5 Å². The fourth-order valence-corrected chi connectivity index (χ4v) is 9.68. The number of amides is 2. The first-order chi connectivity index (χ1) is 28.2. The van der Waals surface area contributed by atoms with Gasteiger partial charge in [0.25, 0.3) is 0 Å². The number of carbonyl (C=O) groups is 2. The summed E-state index contributed by atoms with van der Waals surface area (Å²) in [6.45, 7) is 1.02. The molecule has 5 aromatic rings. The van der Waals surface area contributed by atoms with Crippen LogP contribution in [0.5, 0.6) is 11.5 Å². The van der Waals surface area contributed by atoms with Crippen molar-refractivity contribution in [3.05, 3.63) is 149 Å². The van der Waals surface area contributed by atoms with Gasteiger partial charge in [0.05, 0.1) is 36.0 Å². The molecule has 0 spiro atoms. The first-order valence-corrected chi connectivity index (χ1v) is 20.7. The molecule has 2 aliphatic heterocycles. The van der Waals surface area contributed by atoms with Gasteiger partial charge in [0, 0.05) is 49.8 Å². The van der Waals surface area contributed by atoms with Gasteiger partial charge in [-0.05, 0) is 65.1 Å². The second kappa shape index (κ2) is 16.7. The molecule has 11 nitrogen and oxygen atoms in total. The van der Waals surface area contributed by atoms with E-state index in [2.05, 4.69) is 22.2 Å². The lowest BCUT2D eigenvalue weighted by molar-refractivity contribution is -0.127. The number of nitrogens with one attached hydrogen (secondary N) is 2. The van der Waals surface area contributed by atoms with Gasteiger partial charge in [-0.2, -0.15) is 0 Å². The van der Waals surface area contributed by atoms with E-state index >= 15 is 0 Å². The molecule has 5 aromatic carbocycles. The lowest BCUT2D eigenvalue weighted by Gasteiger charge is -2.41. The lowest BCUT2D eigenvalue weighted by Crippen LogP contribution is -2.56. The molecule has 0 saturated carbocycles. The van der Waals surface area contributed by atoms with E-state index < -0.39 is 39.3 Å². The zero-order chi connectivity index (χ0) is 40.3. The molecule has 0 unspecified atom stereocenters. The Morgan fingerprint density at radius 3 is 2.05 bits per heavy atom. The number of nitrogens with zero attached hydrogens (tertiary/aromatic N) is 1. The van der Waals surface area contributed by atoms with Gasteiger partial charge >= 0.3 is 6.09 Å². The molecule has 13 heteroatoms. The number of fused-ring (bicyclic) bond motifs is 5. The maximum absolute atomic E-state index is 14.4. The highest BCUT2D eigenvalue weighted by molar-refractivity contribution is 7.89. The van der Waals surface area contributed by atoms with E-state index in [1.54, 1.807) is 7.11 Å². The zero-order valence-corrected chi connectivity index (χ0v) is 32.8. The van der Waals surface area contributed by atoms with Gasteiger partial charge in [-0.1, -0.05) is 84.9 Å². The largest absolute Gasteiger partial charge is 0.457 e. The average Bonchev–Trinajstić information content (AvgIpc) is 3.56. The molecule has 1 fully saturated rings. The fourth-order valence-electron chi connectivity index (χ4n) is 8.44. The normalized spacial score (nSPS) is 17.9. The van der Waals surface area contributed by atoms with Crippen molar-refractivity contribution >= 4 is 22.0 Å². The first-order valence-electron chi connectivity index (χ1n) is 19.3. The van der Waals surface area contributed by atoms with Gasteiger partial charge in [0.2, 0.25) is 15.9 Å². The summed E-state index contributed by atoms with van der Waals surface area (Å²) in [6, 6.07) is 34.9. The third-order valence-electron chi connectivity index (χ3n) is 11.2. The summed E-state index contributed by atoms with van der Waals surface area (Å²) in [5.74, 6) is -0.695. The Bertz CT molecular complexity index is 2320. The van der Waals surface area contributed by atoms with Crippen molar-refractivity contribution in [2.75, 3.05) is 53.2 Å². The average molecular weight is 806 g/mol.